The molecule has 72 valence electrons. The van der Waals surface area contributed by atoms with E-state index in [0.717, 1.165) is 0 Å². The molecule has 0 aliphatic heterocycles. The molecule has 0 radical (unpaired) electrons. The average Bonchev–Trinajstić information content (AvgIpc) is 2.04. The van der Waals surface area contributed by atoms with E-state index >= 15 is 0 Å². The summed E-state index contributed by atoms with van der Waals surface area (Å²) in [4.78, 5) is 0. The van der Waals surface area contributed by atoms with E-state index in [1.165, 1.54) is 0 Å². The van der Waals surface area contributed by atoms with Crippen molar-refractivity contribution in [2.75, 3.05) is 13.7 Å². The van der Waals surface area contributed by atoms with Gasteiger partial charge in [-0.1, -0.05) is 29.8 Å². The maximum Gasteiger partial charge on any atom is 0.111 e. The molecule has 0 aliphatic rings. The van der Waals surface area contributed by atoms with Gasteiger partial charge in [-0.2, -0.15) is 0 Å². The van der Waals surface area contributed by atoms with E-state index in [1.807, 2.05) is 12.1 Å². The molecule has 1 aromatic rings. The molecular weight excluding hydrogens is 188 g/mol. The minimum absolute atomic E-state index is 0.233. The summed E-state index contributed by atoms with van der Waals surface area (Å²) in [5.41, 5.74) is -0.328. The Morgan fingerprint density at radius 2 is 2.08 bits per heavy atom. The van der Waals surface area contributed by atoms with Crippen LogP contribution in [-0.2, 0) is 10.3 Å². The summed E-state index contributed by atoms with van der Waals surface area (Å²) in [6.07, 6.45) is 0. The molecule has 0 bridgehead atoms. The van der Waals surface area contributed by atoms with Crippen LogP contribution >= 0.6 is 11.6 Å². The van der Waals surface area contributed by atoms with Crippen molar-refractivity contribution in [1.29, 1.82) is 0 Å². The third-order valence-corrected chi connectivity index (χ3v) is 2.21. The van der Waals surface area contributed by atoms with E-state index in [2.05, 4.69) is 0 Å². The van der Waals surface area contributed by atoms with Crippen LogP contribution in [0, 0.1) is 0 Å². The molecule has 1 atom stereocenters. The minimum Gasteiger partial charge on any atom is -0.383 e. The molecule has 3 heteroatoms. The summed E-state index contributed by atoms with van der Waals surface area (Å²) in [5.74, 6) is 0. The monoisotopic (exact) mass is 200 g/mol. The zero-order valence-corrected chi connectivity index (χ0v) is 8.51. The molecule has 0 saturated carbocycles. The number of methoxy groups -OCH3 is 1. The second-order valence-corrected chi connectivity index (χ2v) is 3.59. The summed E-state index contributed by atoms with van der Waals surface area (Å²) in [5, 5.41) is 10.5. The number of rotatable bonds is 3. The molecule has 1 rings (SSSR count). The highest BCUT2D eigenvalue weighted by atomic mass is 35.5. The first-order chi connectivity index (χ1) is 6.08. The summed E-state index contributed by atoms with van der Waals surface area (Å²) >= 11 is 5.93. The van der Waals surface area contributed by atoms with Gasteiger partial charge in [0.25, 0.3) is 0 Å². The largest absolute Gasteiger partial charge is 0.383 e. The van der Waals surface area contributed by atoms with Crippen LogP contribution < -0.4 is 0 Å². The summed E-state index contributed by atoms with van der Waals surface area (Å²) in [7, 11) is 1.55. The standard InChI is InChI=1S/C10H13ClO2/c1-10(12,7-13-2)8-5-3-4-6-9(8)11/h3-6,12H,7H2,1-2H3. The zero-order valence-electron chi connectivity index (χ0n) is 7.75. The van der Waals surface area contributed by atoms with Crippen LogP contribution in [0.2, 0.25) is 5.02 Å². The second-order valence-electron chi connectivity index (χ2n) is 3.19. The van der Waals surface area contributed by atoms with Crippen LogP contribution in [0.25, 0.3) is 0 Å². The van der Waals surface area contributed by atoms with Crippen LogP contribution in [0.5, 0.6) is 0 Å². The average molecular weight is 201 g/mol. The fourth-order valence-electron chi connectivity index (χ4n) is 1.26. The fourth-order valence-corrected chi connectivity index (χ4v) is 1.60. The maximum absolute atomic E-state index is 9.96. The molecule has 13 heavy (non-hydrogen) atoms. The third kappa shape index (κ3) is 2.44. The van der Waals surface area contributed by atoms with E-state index in [0.29, 0.717) is 10.6 Å². The van der Waals surface area contributed by atoms with Gasteiger partial charge in [-0.05, 0) is 13.0 Å². The van der Waals surface area contributed by atoms with Crippen molar-refractivity contribution >= 4 is 11.6 Å². The number of hydrogen-bond acceptors (Lipinski definition) is 2. The van der Waals surface area contributed by atoms with Crippen LogP contribution in [0.1, 0.15) is 12.5 Å². The highest BCUT2D eigenvalue weighted by molar-refractivity contribution is 6.31. The quantitative estimate of drug-likeness (QED) is 0.811. The lowest BCUT2D eigenvalue weighted by atomic mass is 9.97. The Morgan fingerprint density at radius 1 is 1.46 bits per heavy atom. The highest BCUT2D eigenvalue weighted by Crippen LogP contribution is 2.27. The van der Waals surface area contributed by atoms with Crippen molar-refractivity contribution in [3.63, 3.8) is 0 Å². The van der Waals surface area contributed by atoms with Gasteiger partial charge < -0.3 is 9.84 Å². The normalized spacial score (nSPS) is 15.4. The Labute approximate surface area is 83.1 Å². The second kappa shape index (κ2) is 4.09. The smallest absolute Gasteiger partial charge is 0.111 e. The van der Waals surface area contributed by atoms with Gasteiger partial charge in [0.15, 0.2) is 0 Å². The summed E-state index contributed by atoms with van der Waals surface area (Å²) in [6.45, 7) is 1.91. The minimum atomic E-state index is -1.02. The first-order valence-corrected chi connectivity index (χ1v) is 4.42. The first-order valence-electron chi connectivity index (χ1n) is 4.04. The van der Waals surface area contributed by atoms with Crippen molar-refractivity contribution in [3.8, 4) is 0 Å². The molecule has 0 amide bonds. The Bertz CT molecular complexity index is 284. The van der Waals surface area contributed by atoms with E-state index in [4.69, 9.17) is 16.3 Å². The molecule has 0 fully saturated rings. The van der Waals surface area contributed by atoms with Crippen LogP contribution in [0.4, 0.5) is 0 Å². The Hall–Kier alpha value is -0.570. The lowest BCUT2D eigenvalue weighted by Crippen LogP contribution is -2.27. The lowest BCUT2D eigenvalue weighted by Gasteiger charge is -2.23. The van der Waals surface area contributed by atoms with Crippen molar-refractivity contribution in [1.82, 2.24) is 0 Å². The van der Waals surface area contributed by atoms with Gasteiger partial charge in [-0.3, -0.25) is 0 Å². The summed E-state index contributed by atoms with van der Waals surface area (Å²) in [6, 6.07) is 7.21. The number of ether oxygens (including phenoxy) is 1. The Balaban J connectivity index is 2.99. The molecule has 1 unspecified atom stereocenters. The first kappa shape index (κ1) is 10.5. The number of aliphatic hydroxyl groups is 1. The Kier molecular flexibility index (Phi) is 3.31. The van der Waals surface area contributed by atoms with Gasteiger partial charge in [0, 0.05) is 17.7 Å². The molecule has 0 aliphatic carbocycles. The Morgan fingerprint density at radius 3 is 2.62 bits per heavy atom. The van der Waals surface area contributed by atoms with Crippen molar-refractivity contribution < 1.29 is 9.84 Å². The lowest BCUT2D eigenvalue weighted by molar-refractivity contribution is -0.0207. The van der Waals surface area contributed by atoms with E-state index < -0.39 is 5.60 Å². The van der Waals surface area contributed by atoms with E-state index in [9.17, 15) is 5.11 Å². The zero-order chi connectivity index (χ0) is 9.90. The van der Waals surface area contributed by atoms with Gasteiger partial charge in [0.2, 0.25) is 0 Å². The SMILES string of the molecule is COCC(C)(O)c1ccccc1Cl. The molecule has 0 aromatic heterocycles. The predicted octanol–water partition coefficient (Wildman–Crippen LogP) is 2.19. The van der Waals surface area contributed by atoms with Gasteiger partial charge in [-0.15, -0.1) is 0 Å². The predicted molar refractivity (Wildman–Crippen MR) is 52.9 cm³/mol. The number of halogens is 1. The molecule has 0 saturated heterocycles. The van der Waals surface area contributed by atoms with Crippen LogP contribution in [-0.4, -0.2) is 18.8 Å². The van der Waals surface area contributed by atoms with Crippen LogP contribution in [0.15, 0.2) is 24.3 Å². The molecule has 2 nitrogen and oxygen atoms in total. The van der Waals surface area contributed by atoms with Crippen LogP contribution in [0.3, 0.4) is 0 Å². The van der Waals surface area contributed by atoms with Crippen molar-refractivity contribution in [3.05, 3.63) is 34.9 Å². The van der Waals surface area contributed by atoms with E-state index in [-0.39, 0.29) is 6.61 Å². The maximum atomic E-state index is 9.96. The third-order valence-electron chi connectivity index (χ3n) is 1.88. The highest BCUT2D eigenvalue weighted by Gasteiger charge is 2.24. The number of benzene rings is 1. The molecule has 1 N–H and O–H groups in total. The van der Waals surface area contributed by atoms with E-state index in [1.54, 1.807) is 26.2 Å². The molecule has 0 heterocycles. The van der Waals surface area contributed by atoms with Crippen molar-refractivity contribution in [2.24, 2.45) is 0 Å². The van der Waals surface area contributed by atoms with Gasteiger partial charge in [-0.25, -0.2) is 0 Å². The molecule has 0 spiro atoms. The molecular formula is C10H13ClO2. The van der Waals surface area contributed by atoms with Gasteiger partial charge >= 0.3 is 0 Å². The summed E-state index contributed by atoms with van der Waals surface area (Å²) < 4.78 is 4.91. The molecule has 1 aromatic carbocycles. The number of hydrogen-bond donors (Lipinski definition) is 1. The fraction of sp³-hybridized carbons (Fsp3) is 0.400. The van der Waals surface area contributed by atoms with Gasteiger partial charge in [0.1, 0.15) is 5.60 Å². The topological polar surface area (TPSA) is 29.5 Å². The van der Waals surface area contributed by atoms with Crippen molar-refractivity contribution in [2.45, 2.75) is 12.5 Å². The van der Waals surface area contributed by atoms with Gasteiger partial charge in [0.05, 0.1) is 6.61 Å².